The maximum atomic E-state index is 12.6. The third-order valence-corrected chi connectivity index (χ3v) is 6.76. The topological polar surface area (TPSA) is 76.2 Å². The molecule has 0 unspecified atom stereocenters. The van der Waals surface area contributed by atoms with Gasteiger partial charge in [0.05, 0.1) is 12.9 Å². The highest BCUT2D eigenvalue weighted by atomic mass is 32.2. The first-order chi connectivity index (χ1) is 14.0. The number of ether oxygens (including phenoxy) is 2. The van der Waals surface area contributed by atoms with Crippen molar-refractivity contribution in [2.24, 2.45) is 0 Å². The number of rotatable bonds is 9. The van der Waals surface area contributed by atoms with Gasteiger partial charge in [-0.1, -0.05) is 30.3 Å². The number of carbonyl (C=O) groups excluding carboxylic acids is 1. The molecule has 8 heteroatoms. The van der Waals surface area contributed by atoms with Gasteiger partial charge in [-0.25, -0.2) is 8.42 Å². The van der Waals surface area contributed by atoms with Crippen molar-refractivity contribution in [1.82, 2.24) is 9.21 Å². The molecular weight excluding hydrogens is 392 g/mol. The molecule has 0 saturated carbocycles. The molecule has 0 spiro atoms. The van der Waals surface area contributed by atoms with E-state index in [1.165, 1.54) is 7.11 Å². The third kappa shape index (κ3) is 5.79. The van der Waals surface area contributed by atoms with Crippen LogP contribution in [0.5, 0.6) is 11.5 Å². The van der Waals surface area contributed by atoms with Crippen molar-refractivity contribution in [3.05, 3.63) is 59.7 Å². The number of aldehydes is 1. The lowest BCUT2D eigenvalue weighted by Crippen LogP contribution is -2.49. The van der Waals surface area contributed by atoms with Crippen LogP contribution < -0.4 is 9.47 Å². The second-order valence-corrected chi connectivity index (χ2v) is 8.83. The van der Waals surface area contributed by atoms with E-state index in [1.807, 2.05) is 30.3 Å². The maximum Gasteiger partial charge on any atom is 0.218 e. The summed E-state index contributed by atoms with van der Waals surface area (Å²) in [6.45, 7) is 3.43. The van der Waals surface area contributed by atoms with E-state index in [-0.39, 0.29) is 5.75 Å². The summed E-state index contributed by atoms with van der Waals surface area (Å²) in [5.41, 5.74) is 1.33. The summed E-state index contributed by atoms with van der Waals surface area (Å²) in [4.78, 5) is 13.0. The van der Waals surface area contributed by atoms with E-state index in [9.17, 15) is 13.2 Å². The first-order valence-corrected chi connectivity index (χ1v) is 11.1. The standard InChI is InChI=1S/C21H26N2O5S/c1-27-21-15-19(16-24)7-8-20(21)28-14-13-22-9-11-23(12-10-22)29(25,26)17-18-5-3-2-4-6-18/h2-8,15-16H,9-14,17H2,1H3. The van der Waals surface area contributed by atoms with Gasteiger partial charge in [0.25, 0.3) is 0 Å². The Kier molecular flexibility index (Phi) is 7.24. The van der Waals surface area contributed by atoms with E-state index in [0.717, 1.165) is 11.8 Å². The van der Waals surface area contributed by atoms with Gasteiger partial charge in [-0.3, -0.25) is 9.69 Å². The lowest BCUT2D eigenvalue weighted by atomic mass is 10.2. The third-order valence-electron chi connectivity index (χ3n) is 4.91. The molecule has 2 aromatic carbocycles. The molecule has 3 rings (SSSR count). The average molecular weight is 419 g/mol. The zero-order valence-electron chi connectivity index (χ0n) is 16.5. The minimum absolute atomic E-state index is 0.0352. The normalized spacial score (nSPS) is 15.8. The molecule has 0 radical (unpaired) electrons. The molecule has 1 saturated heterocycles. The van der Waals surface area contributed by atoms with Gasteiger partial charge >= 0.3 is 0 Å². The summed E-state index contributed by atoms with van der Waals surface area (Å²) in [7, 11) is -1.77. The van der Waals surface area contributed by atoms with Gasteiger partial charge in [-0.05, 0) is 23.8 Å². The SMILES string of the molecule is COc1cc(C=O)ccc1OCCN1CCN(S(=O)(=O)Cc2ccccc2)CC1. The Morgan fingerprint density at radius 3 is 2.38 bits per heavy atom. The van der Waals surface area contributed by atoms with Gasteiger partial charge in [-0.15, -0.1) is 0 Å². The minimum atomic E-state index is -3.31. The van der Waals surface area contributed by atoms with Crippen molar-refractivity contribution >= 4 is 16.3 Å². The van der Waals surface area contributed by atoms with Crippen LogP contribution in [0.3, 0.4) is 0 Å². The van der Waals surface area contributed by atoms with Crippen LogP contribution >= 0.6 is 0 Å². The van der Waals surface area contributed by atoms with Crippen molar-refractivity contribution < 1.29 is 22.7 Å². The van der Waals surface area contributed by atoms with Crippen LogP contribution in [-0.2, 0) is 15.8 Å². The highest BCUT2D eigenvalue weighted by molar-refractivity contribution is 7.88. The van der Waals surface area contributed by atoms with Crippen LogP contribution in [0.4, 0.5) is 0 Å². The summed E-state index contributed by atoms with van der Waals surface area (Å²) in [6, 6.07) is 14.3. The van der Waals surface area contributed by atoms with E-state index >= 15 is 0 Å². The fraction of sp³-hybridized carbons (Fsp3) is 0.381. The van der Waals surface area contributed by atoms with Crippen molar-refractivity contribution in [3.63, 3.8) is 0 Å². The van der Waals surface area contributed by atoms with E-state index in [1.54, 1.807) is 22.5 Å². The number of sulfonamides is 1. The van der Waals surface area contributed by atoms with Gasteiger partial charge in [0.2, 0.25) is 10.0 Å². The molecule has 0 atom stereocenters. The molecular formula is C21H26N2O5S. The molecule has 0 bridgehead atoms. The van der Waals surface area contributed by atoms with Crippen LogP contribution in [0, 0.1) is 0 Å². The van der Waals surface area contributed by atoms with E-state index in [2.05, 4.69) is 4.90 Å². The first kappa shape index (κ1) is 21.3. The first-order valence-electron chi connectivity index (χ1n) is 9.52. The Morgan fingerprint density at radius 1 is 1.00 bits per heavy atom. The zero-order valence-corrected chi connectivity index (χ0v) is 17.3. The Balaban J connectivity index is 1.46. The van der Waals surface area contributed by atoms with E-state index < -0.39 is 10.0 Å². The summed E-state index contributed by atoms with van der Waals surface area (Å²) in [5, 5.41) is 0. The molecule has 0 N–H and O–H groups in total. The fourth-order valence-electron chi connectivity index (χ4n) is 3.27. The van der Waals surface area contributed by atoms with Crippen LogP contribution in [0.1, 0.15) is 15.9 Å². The summed E-state index contributed by atoms with van der Waals surface area (Å²) in [6.07, 6.45) is 0.762. The Morgan fingerprint density at radius 2 is 1.72 bits per heavy atom. The Bertz CT molecular complexity index is 910. The monoisotopic (exact) mass is 418 g/mol. The molecule has 7 nitrogen and oxygen atoms in total. The van der Waals surface area contributed by atoms with Gasteiger partial charge in [0.15, 0.2) is 11.5 Å². The number of carbonyl (C=O) groups is 1. The highest BCUT2D eigenvalue weighted by Crippen LogP contribution is 2.27. The predicted octanol–water partition coefficient (Wildman–Crippen LogP) is 2.03. The molecule has 0 amide bonds. The van der Waals surface area contributed by atoms with Gasteiger partial charge in [0.1, 0.15) is 12.9 Å². The number of methoxy groups -OCH3 is 1. The molecule has 156 valence electrons. The molecule has 0 aliphatic carbocycles. The predicted molar refractivity (Wildman–Crippen MR) is 111 cm³/mol. The van der Waals surface area contributed by atoms with Gasteiger partial charge in [-0.2, -0.15) is 4.31 Å². The Hall–Kier alpha value is -2.42. The molecule has 2 aromatic rings. The second-order valence-electron chi connectivity index (χ2n) is 6.86. The summed E-state index contributed by atoms with van der Waals surface area (Å²) in [5.74, 6) is 1.14. The van der Waals surface area contributed by atoms with Gasteiger partial charge < -0.3 is 9.47 Å². The number of benzene rings is 2. The molecule has 1 aliphatic rings. The van der Waals surface area contributed by atoms with Gasteiger partial charge in [0, 0.05) is 38.3 Å². The number of nitrogens with zero attached hydrogens (tertiary/aromatic N) is 2. The smallest absolute Gasteiger partial charge is 0.218 e. The minimum Gasteiger partial charge on any atom is -0.493 e. The number of hydrogen-bond acceptors (Lipinski definition) is 6. The summed E-state index contributed by atoms with van der Waals surface area (Å²) >= 11 is 0. The molecule has 1 fully saturated rings. The average Bonchev–Trinajstić information content (AvgIpc) is 2.74. The van der Waals surface area contributed by atoms with Crippen molar-refractivity contribution in [1.29, 1.82) is 0 Å². The van der Waals surface area contributed by atoms with Crippen LogP contribution in [0.2, 0.25) is 0 Å². The van der Waals surface area contributed by atoms with E-state index in [0.29, 0.717) is 56.4 Å². The summed E-state index contributed by atoms with van der Waals surface area (Å²) < 4.78 is 37.9. The fourth-order valence-corrected chi connectivity index (χ4v) is 4.78. The van der Waals surface area contributed by atoms with E-state index in [4.69, 9.17) is 9.47 Å². The highest BCUT2D eigenvalue weighted by Gasteiger charge is 2.27. The van der Waals surface area contributed by atoms with Crippen LogP contribution in [-0.4, -0.2) is 70.3 Å². The zero-order chi connectivity index (χ0) is 20.7. The lowest BCUT2D eigenvalue weighted by Gasteiger charge is -2.33. The molecule has 1 heterocycles. The molecule has 0 aromatic heterocycles. The number of hydrogen-bond donors (Lipinski definition) is 0. The van der Waals surface area contributed by atoms with Crippen LogP contribution in [0.15, 0.2) is 48.5 Å². The quantitative estimate of drug-likeness (QED) is 0.580. The number of piperazine rings is 1. The largest absolute Gasteiger partial charge is 0.493 e. The van der Waals surface area contributed by atoms with Crippen molar-refractivity contribution in [3.8, 4) is 11.5 Å². The maximum absolute atomic E-state index is 12.6. The molecule has 1 aliphatic heterocycles. The Labute approximate surface area is 171 Å². The van der Waals surface area contributed by atoms with Crippen molar-refractivity contribution in [2.45, 2.75) is 5.75 Å². The second kappa shape index (κ2) is 9.87. The molecule has 29 heavy (non-hydrogen) atoms. The van der Waals surface area contributed by atoms with Crippen LogP contribution in [0.25, 0.3) is 0 Å². The van der Waals surface area contributed by atoms with Crippen molar-refractivity contribution in [2.75, 3.05) is 46.4 Å². The lowest BCUT2D eigenvalue weighted by molar-refractivity contribution is 0.112.